The number of hydrogen-bond donors (Lipinski definition) is 0. The number of carbonyl (C=O) groups is 2. The van der Waals surface area contributed by atoms with Gasteiger partial charge < -0.3 is 4.74 Å². The molecule has 0 aromatic carbocycles. The van der Waals surface area contributed by atoms with E-state index in [1.165, 1.54) is 0 Å². The van der Waals surface area contributed by atoms with Gasteiger partial charge in [0.25, 0.3) is 10.1 Å². The Bertz CT molecular complexity index is 598. The van der Waals surface area contributed by atoms with Crippen molar-refractivity contribution in [1.29, 1.82) is 0 Å². The Morgan fingerprint density at radius 1 is 1.43 bits per heavy atom. The molecule has 6 unspecified atom stereocenters. The van der Waals surface area contributed by atoms with Gasteiger partial charge in [-0.15, -0.1) is 0 Å². The molecule has 0 aromatic heterocycles. The second kappa shape index (κ2) is 5.10. The summed E-state index contributed by atoms with van der Waals surface area (Å²) in [6, 6.07) is 0. The van der Waals surface area contributed by atoms with E-state index in [1.54, 1.807) is 0 Å². The number of thioether (sulfide) groups is 1. The summed E-state index contributed by atoms with van der Waals surface area (Å²) < 4.78 is 34.5. The zero-order valence-electron chi connectivity index (χ0n) is 11.4. The van der Waals surface area contributed by atoms with Crippen molar-refractivity contribution in [3.05, 3.63) is 12.7 Å². The highest BCUT2D eigenvalue weighted by atomic mass is 32.2. The minimum atomic E-state index is -3.54. The molecular weight excluding hydrogens is 316 g/mol. The van der Waals surface area contributed by atoms with Gasteiger partial charge >= 0.3 is 5.97 Å². The zero-order valence-corrected chi connectivity index (χ0v) is 13.1. The molecule has 0 amide bonds. The Kier molecular flexibility index (Phi) is 3.66. The molecule has 1 heterocycles. The van der Waals surface area contributed by atoms with Gasteiger partial charge in [0.1, 0.15) is 12.2 Å². The van der Waals surface area contributed by atoms with E-state index in [0.717, 1.165) is 17.8 Å². The lowest BCUT2D eigenvalue weighted by Gasteiger charge is -2.29. The van der Waals surface area contributed by atoms with E-state index in [4.69, 9.17) is 8.92 Å². The zero-order chi connectivity index (χ0) is 15.4. The SMILES string of the molecule is C=CC(=O)SCC(=O)OC1C2CC3C1OS(=O)(=O)C3C2C. The third-order valence-electron chi connectivity index (χ3n) is 4.67. The first-order valence-corrected chi connectivity index (χ1v) is 9.21. The highest BCUT2D eigenvalue weighted by Gasteiger charge is 2.68. The van der Waals surface area contributed by atoms with Crippen molar-refractivity contribution >= 4 is 33.0 Å². The normalized spacial score (nSPS) is 42.0. The minimum absolute atomic E-state index is 0.0198. The van der Waals surface area contributed by atoms with Crippen LogP contribution < -0.4 is 0 Å². The standard InChI is InChI=1S/C13H16O6S2/c1-3-10(15)20-5-9(14)18-11-7-4-8-12(11)19-21(16,17)13(8)6(7)2/h3,6-8,11-13H,1,4-5H2,2H3. The molecule has 0 N–H and O–H groups in total. The van der Waals surface area contributed by atoms with E-state index in [9.17, 15) is 18.0 Å². The molecule has 3 aliphatic rings. The van der Waals surface area contributed by atoms with Crippen LogP contribution in [-0.2, 0) is 28.6 Å². The lowest BCUT2D eigenvalue weighted by Crippen LogP contribution is -2.41. The van der Waals surface area contributed by atoms with Crippen LogP contribution in [-0.4, -0.2) is 42.7 Å². The quantitative estimate of drug-likeness (QED) is 0.426. The second-order valence-electron chi connectivity index (χ2n) is 5.71. The molecule has 8 heteroatoms. The first kappa shape index (κ1) is 15.1. The van der Waals surface area contributed by atoms with Crippen LogP contribution in [0.15, 0.2) is 12.7 Å². The Labute approximate surface area is 127 Å². The molecule has 6 atom stereocenters. The van der Waals surface area contributed by atoms with Crippen molar-refractivity contribution in [2.75, 3.05) is 5.75 Å². The van der Waals surface area contributed by atoms with Gasteiger partial charge in [-0.05, 0) is 18.4 Å². The van der Waals surface area contributed by atoms with Crippen LogP contribution in [0.25, 0.3) is 0 Å². The molecule has 2 aliphatic carbocycles. The van der Waals surface area contributed by atoms with E-state index >= 15 is 0 Å². The van der Waals surface area contributed by atoms with Crippen molar-refractivity contribution in [2.24, 2.45) is 17.8 Å². The van der Waals surface area contributed by atoms with Crippen LogP contribution in [0.5, 0.6) is 0 Å². The Hall–Kier alpha value is -0.860. The van der Waals surface area contributed by atoms with Crippen LogP contribution in [0.3, 0.4) is 0 Å². The summed E-state index contributed by atoms with van der Waals surface area (Å²) in [6.45, 7) is 5.19. The largest absolute Gasteiger partial charge is 0.459 e. The van der Waals surface area contributed by atoms with E-state index < -0.39 is 33.5 Å². The highest BCUT2D eigenvalue weighted by Crippen LogP contribution is 2.58. The molecule has 6 nitrogen and oxygen atoms in total. The minimum Gasteiger partial charge on any atom is -0.459 e. The van der Waals surface area contributed by atoms with E-state index in [2.05, 4.69) is 6.58 Å². The number of esters is 1. The molecule has 0 aromatic rings. The molecule has 116 valence electrons. The number of fused-ring (bicyclic) bond motifs is 1. The van der Waals surface area contributed by atoms with Gasteiger partial charge in [-0.2, -0.15) is 8.42 Å². The number of hydrogen-bond acceptors (Lipinski definition) is 7. The highest BCUT2D eigenvalue weighted by molar-refractivity contribution is 8.14. The first-order valence-electron chi connectivity index (χ1n) is 6.76. The number of ether oxygens (including phenoxy) is 1. The molecule has 0 radical (unpaired) electrons. The summed E-state index contributed by atoms with van der Waals surface area (Å²) in [6.07, 6.45) is 0.775. The van der Waals surface area contributed by atoms with E-state index in [-0.39, 0.29) is 28.6 Å². The van der Waals surface area contributed by atoms with Gasteiger partial charge in [-0.25, -0.2) is 0 Å². The Morgan fingerprint density at radius 3 is 2.81 bits per heavy atom. The smallest absolute Gasteiger partial charge is 0.316 e. The van der Waals surface area contributed by atoms with Crippen LogP contribution >= 0.6 is 11.8 Å². The van der Waals surface area contributed by atoms with Crippen molar-refractivity contribution in [3.8, 4) is 0 Å². The van der Waals surface area contributed by atoms with Gasteiger partial charge in [0.2, 0.25) is 5.12 Å². The molecule has 1 aliphatic heterocycles. The molecule has 2 saturated carbocycles. The summed E-state index contributed by atoms with van der Waals surface area (Å²) in [5.74, 6) is -0.749. The number of rotatable bonds is 4. The van der Waals surface area contributed by atoms with Crippen molar-refractivity contribution in [1.82, 2.24) is 0 Å². The molecule has 0 spiro atoms. The molecule has 21 heavy (non-hydrogen) atoms. The lowest BCUT2D eigenvalue weighted by atomic mass is 9.86. The summed E-state index contributed by atoms with van der Waals surface area (Å²) in [5, 5.41) is -0.757. The monoisotopic (exact) mass is 332 g/mol. The predicted octanol–water partition coefficient (Wildman–Crippen LogP) is 0.727. The molecule has 3 rings (SSSR count). The average molecular weight is 332 g/mol. The van der Waals surface area contributed by atoms with Gasteiger partial charge in [-0.3, -0.25) is 13.8 Å². The van der Waals surface area contributed by atoms with Crippen molar-refractivity contribution in [2.45, 2.75) is 30.8 Å². The van der Waals surface area contributed by atoms with Gasteiger partial charge in [-0.1, -0.05) is 25.3 Å². The second-order valence-corrected chi connectivity index (χ2v) is 8.41. The van der Waals surface area contributed by atoms with Gasteiger partial charge in [0.05, 0.1) is 11.0 Å². The summed E-state index contributed by atoms with van der Waals surface area (Å²) in [5.41, 5.74) is 0. The summed E-state index contributed by atoms with van der Waals surface area (Å²) in [7, 11) is -3.54. The number of carbonyl (C=O) groups excluding carboxylic acids is 2. The maximum absolute atomic E-state index is 12.0. The lowest BCUT2D eigenvalue weighted by molar-refractivity contribution is -0.153. The van der Waals surface area contributed by atoms with Crippen molar-refractivity contribution in [3.63, 3.8) is 0 Å². The van der Waals surface area contributed by atoms with Gasteiger partial charge in [0.15, 0.2) is 0 Å². The maximum atomic E-state index is 12.0. The molecular formula is C13H16O6S2. The van der Waals surface area contributed by atoms with Gasteiger partial charge in [0, 0.05) is 11.8 Å². The fourth-order valence-corrected chi connectivity index (χ4v) is 6.45. The van der Waals surface area contributed by atoms with Crippen LogP contribution in [0.2, 0.25) is 0 Å². The van der Waals surface area contributed by atoms with Crippen LogP contribution in [0, 0.1) is 17.8 Å². The maximum Gasteiger partial charge on any atom is 0.316 e. The summed E-state index contributed by atoms with van der Waals surface area (Å²) in [4.78, 5) is 22.9. The third kappa shape index (κ3) is 2.33. The average Bonchev–Trinajstić information content (AvgIpc) is 2.98. The third-order valence-corrected chi connectivity index (χ3v) is 7.44. The predicted molar refractivity (Wildman–Crippen MR) is 75.9 cm³/mol. The van der Waals surface area contributed by atoms with Crippen LogP contribution in [0.4, 0.5) is 0 Å². The first-order chi connectivity index (χ1) is 9.85. The molecule has 1 saturated heterocycles. The Balaban J connectivity index is 1.67. The fraction of sp³-hybridized carbons (Fsp3) is 0.692. The topological polar surface area (TPSA) is 86.7 Å². The molecule has 3 fully saturated rings. The Morgan fingerprint density at radius 2 is 2.14 bits per heavy atom. The van der Waals surface area contributed by atoms with E-state index in [0.29, 0.717) is 6.42 Å². The van der Waals surface area contributed by atoms with E-state index in [1.807, 2.05) is 6.92 Å². The van der Waals surface area contributed by atoms with Crippen molar-refractivity contribution < 1.29 is 26.9 Å². The summed E-state index contributed by atoms with van der Waals surface area (Å²) >= 11 is 0.817. The molecule has 2 bridgehead atoms. The fourth-order valence-electron chi connectivity index (χ4n) is 3.89. The van der Waals surface area contributed by atoms with Crippen LogP contribution in [0.1, 0.15) is 13.3 Å².